The van der Waals surface area contributed by atoms with Gasteiger partial charge in [0.2, 0.25) is 0 Å². The van der Waals surface area contributed by atoms with E-state index in [0.717, 1.165) is 39.0 Å². The molecule has 0 bridgehead atoms. The van der Waals surface area contributed by atoms with Crippen molar-refractivity contribution in [3.05, 3.63) is 121 Å². The maximum Gasteiger partial charge on any atom is 0.135 e. The molecule has 1 heterocycles. The van der Waals surface area contributed by atoms with Crippen LogP contribution in [-0.4, -0.2) is 0 Å². The van der Waals surface area contributed by atoms with Crippen molar-refractivity contribution >= 4 is 43.1 Å². The highest BCUT2D eigenvalue weighted by atomic mass is 16.5. The summed E-state index contributed by atoms with van der Waals surface area (Å²) in [7, 11) is 0. The number of hydrogen-bond donors (Lipinski definition) is 0. The molecule has 8 rings (SSSR count). The first-order valence-corrected chi connectivity index (χ1v) is 12.4. The number of rotatable bonds is 1. The van der Waals surface area contributed by atoms with Crippen LogP contribution in [0.1, 0.15) is 5.56 Å². The van der Waals surface area contributed by atoms with Gasteiger partial charge in [-0.1, -0.05) is 84.9 Å². The zero-order chi connectivity index (χ0) is 24.5. The van der Waals surface area contributed by atoms with Crippen LogP contribution >= 0.6 is 0 Å². The van der Waals surface area contributed by atoms with Gasteiger partial charge in [0.25, 0.3) is 0 Å². The summed E-state index contributed by atoms with van der Waals surface area (Å²) in [5.74, 6) is 1.63. The second-order valence-corrected chi connectivity index (χ2v) is 9.62. The first-order valence-electron chi connectivity index (χ1n) is 12.4. The molecule has 1 aliphatic rings. The molecule has 7 aromatic rings. The fraction of sp³-hybridized carbons (Fsp3) is 0. The maximum atomic E-state index is 9.60. The van der Waals surface area contributed by atoms with Crippen LogP contribution in [0.5, 0.6) is 11.5 Å². The van der Waals surface area contributed by atoms with Crippen molar-refractivity contribution in [3.8, 4) is 39.8 Å². The SMILES string of the molecule is N#Cc1ccc2c3c(cccc13)Oc1cc(-c3cc4c5ccccc5ccc4c4ccccc34)ccc1-2. The van der Waals surface area contributed by atoms with Gasteiger partial charge in [0.05, 0.1) is 11.6 Å². The summed E-state index contributed by atoms with van der Waals surface area (Å²) in [6.07, 6.45) is 0. The lowest BCUT2D eigenvalue weighted by molar-refractivity contribution is 0.487. The predicted molar refractivity (Wildman–Crippen MR) is 152 cm³/mol. The van der Waals surface area contributed by atoms with E-state index in [0.29, 0.717) is 5.56 Å². The van der Waals surface area contributed by atoms with Crippen LogP contribution < -0.4 is 4.74 Å². The minimum atomic E-state index is 0.666. The van der Waals surface area contributed by atoms with Crippen LogP contribution in [0.15, 0.2) is 115 Å². The van der Waals surface area contributed by atoms with Crippen molar-refractivity contribution in [2.45, 2.75) is 0 Å². The molecule has 2 nitrogen and oxygen atoms in total. The lowest BCUT2D eigenvalue weighted by Crippen LogP contribution is -1.98. The summed E-state index contributed by atoms with van der Waals surface area (Å²) in [5, 5.41) is 19.0. The van der Waals surface area contributed by atoms with Crippen molar-refractivity contribution in [2.24, 2.45) is 0 Å². The van der Waals surface area contributed by atoms with Gasteiger partial charge < -0.3 is 4.74 Å². The highest BCUT2D eigenvalue weighted by Crippen LogP contribution is 2.49. The summed E-state index contributed by atoms with van der Waals surface area (Å²) in [4.78, 5) is 0. The number of nitriles is 1. The normalized spacial score (nSPS) is 12.0. The fourth-order valence-corrected chi connectivity index (χ4v) is 6.00. The van der Waals surface area contributed by atoms with Crippen molar-refractivity contribution in [1.29, 1.82) is 5.26 Å². The van der Waals surface area contributed by atoms with Crippen molar-refractivity contribution in [3.63, 3.8) is 0 Å². The van der Waals surface area contributed by atoms with Crippen LogP contribution in [0.25, 0.3) is 65.3 Å². The largest absolute Gasteiger partial charge is 0.456 e. The summed E-state index contributed by atoms with van der Waals surface area (Å²) in [6.45, 7) is 0. The quantitative estimate of drug-likeness (QED) is 0.224. The number of hydrogen-bond acceptors (Lipinski definition) is 2. The van der Waals surface area contributed by atoms with Gasteiger partial charge >= 0.3 is 0 Å². The Morgan fingerprint density at radius 3 is 2.14 bits per heavy atom. The first kappa shape index (κ1) is 20.1. The molecule has 0 unspecified atom stereocenters. The Balaban J connectivity index is 1.40. The van der Waals surface area contributed by atoms with E-state index in [-0.39, 0.29) is 0 Å². The topological polar surface area (TPSA) is 33.0 Å². The van der Waals surface area contributed by atoms with E-state index in [9.17, 15) is 5.26 Å². The number of nitrogens with zero attached hydrogens (tertiary/aromatic N) is 1. The van der Waals surface area contributed by atoms with Crippen molar-refractivity contribution in [1.82, 2.24) is 0 Å². The fourth-order valence-electron chi connectivity index (χ4n) is 6.00. The summed E-state index contributed by atoms with van der Waals surface area (Å²) >= 11 is 0. The molecule has 0 N–H and O–H groups in total. The number of ether oxygens (including phenoxy) is 1. The second-order valence-electron chi connectivity index (χ2n) is 9.62. The molecule has 0 amide bonds. The van der Waals surface area contributed by atoms with Gasteiger partial charge in [-0.2, -0.15) is 5.26 Å². The molecule has 0 aliphatic carbocycles. The average molecular weight is 470 g/mol. The van der Waals surface area contributed by atoms with Crippen LogP contribution in [0.2, 0.25) is 0 Å². The Bertz CT molecular complexity index is 2130. The molecule has 2 heteroatoms. The summed E-state index contributed by atoms with van der Waals surface area (Å²) in [5.41, 5.74) is 5.13. The van der Waals surface area contributed by atoms with Gasteiger partial charge in [0, 0.05) is 16.3 Å². The summed E-state index contributed by atoms with van der Waals surface area (Å²) in [6, 6.07) is 42.7. The van der Waals surface area contributed by atoms with Crippen LogP contribution in [0.3, 0.4) is 0 Å². The van der Waals surface area contributed by atoms with Gasteiger partial charge in [0.1, 0.15) is 11.5 Å². The molecule has 0 saturated heterocycles. The molecule has 1 aliphatic heterocycles. The zero-order valence-electron chi connectivity index (χ0n) is 19.8. The van der Waals surface area contributed by atoms with E-state index >= 15 is 0 Å². The third kappa shape index (κ3) is 2.80. The Kier molecular flexibility index (Phi) is 4.04. The molecular formula is C35H19NO. The molecule has 0 fully saturated rings. The molecule has 0 spiro atoms. The van der Waals surface area contributed by atoms with Crippen LogP contribution in [0, 0.1) is 11.3 Å². The Morgan fingerprint density at radius 2 is 1.24 bits per heavy atom. The highest BCUT2D eigenvalue weighted by Gasteiger charge is 2.22. The van der Waals surface area contributed by atoms with Gasteiger partial charge in [-0.15, -0.1) is 0 Å². The van der Waals surface area contributed by atoms with Gasteiger partial charge in [-0.05, 0) is 79.3 Å². The molecule has 0 radical (unpaired) electrons. The molecule has 170 valence electrons. The third-order valence-corrected chi connectivity index (χ3v) is 7.69. The standard InChI is InChI=1S/C35H19NO/c36-20-23-14-17-30-29-16-13-22(18-34(29)37-33-11-5-10-25(23)35(30)33)31-19-32-24-7-2-1-6-21(24)12-15-28(32)26-8-3-4-9-27(26)31/h1-19H. The molecule has 37 heavy (non-hydrogen) atoms. The first-order chi connectivity index (χ1) is 18.3. The molecule has 0 atom stereocenters. The van der Waals surface area contributed by atoms with Crippen LogP contribution in [-0.2, 0) is 0 Å². The van der Waals surface area contributed by atoms with Gasteiger partial charge in [-0.25, -0.2) is 0 Å². The monoisotopic (exact) mass is 469 g/mol. The molecule has 0 saturated carbocycles. The van der Waals surface area contributed by atoms with Crippen LogP contribution in [0.4, 0.5) is 0 Å². The summed E-state index contributed by atoms with van der Waals surface area (Å²) < 4.78 is 6.47. The average Bonchev–Trinajstić information content (AvgIpc) is 2.96. The minimum absolute atomic E-state index is 0.666. The number of benzene rings is 7. The molecule has 7 aromatic carbocycles. The lowest BCUT2D eigenvalue weighted by Gasteiger charge is -2.22. The molecule has 0 aromatic heterocycles. The minimum Gasteiger partial charge on any atom is -0.456 e. The Labute approximate surface area is 213 Å². The van der Waals surface area contributed by atoms with E-state index in [1.807, 2.05) is 30.3 Å². The predicted octanol–water partition coefficient (Wildman–Crippen LogP) is 9.61. The lowest BCUT2D eigenvalue weighted by atomic mass is 9.88. The van der Waals surface area contributed by atoms with Gasteiger partial charge in [-0.3, -0.25) is 0 Å². The van der Waals surface area contributed by atoms with E-state index in [1.54, 1.807) is 0 Å². The molecular weight excluding hydrogens is 450 g/mol. The third-order valence-electron chi connectivity index (χ3n) is 7.69. The van der Waals surface area contributed by atoms with Crippen molar-refractivity contribution < 1.29 is 4.74 Å². The number of fused-ring (bicyclic) bond motifs is 7. The van der Waals surface area contributed by atoms with E-state index in [4.69, 9.17) is 4.74 Å². The van der Waals surface area contributed by atoms with E-state index < -0.39 is 0 Å². The second kappa shape index (κ2) is 7.43. The maximum absolute atomic E-state index is 9.60. The van der Waals surface area contributed by atoms with Crippen molar-refractivity contribution in [2.75, 3.05) is 0 Å². The zero-order valence-corrected chi connectivity index (χ0v) is 19.8. The van der Waals surface area contributed by atoms with E-state index in [2.05, 4.69) is 91.0 Å². The Hall–Kier alpha value is -5.13. The smallest absolute Gasteiger partial charge is 0.135 e. The highest BCUT2D eigenvalue weighted by molar-refractivity contribution is 6.21. The Morgan fingerprint density at radius 1 is 0.486 bits per heavy atom. The van der Waals surface area contributed by atoms with Gasteiger partial charge in [0.15, 0.2) is 0 Å². The van der Waals surface area contributed by atoms with E-state index in [1.165, 1.54) is 37.9 Å².